The Morgan fingerprint density at radius 1 is 1.30 bits per heavy atom. The molecule has 0 aliphatic heterocycles. The van der Waals surface area contributed by atoms with Crippen molar-refractivity contribution in [3.63, 3.8) is 0 Å². The van der Waals surface area contributed by atoms with E-state index >= 15 is 0 Å². The lowest BCUT2D eigenvalue weighted by Gasteiger charge is -2.20. The minimum atomic E-state index is -4.37. The first-order chi connectivity index (χ1) is 9.37. The van der Waals surface area contributed by atoms with Crippen LogP contribution in [0.5, 0.6) is 0 Å². The molecule has 3 rings (SSSR count). The minimum absolute atomic E-state index is 0.00406. The molecule has 2 aromatic rings. The second kappa shape index (κ2) is 3.94. The van der Waals surface area contributed by atoms with Gasteiger partial charge in [-0.3, -0.25) is 0 Å². The first kappa shape index (κ1) is 12.9. The predicted octanol–water partition coefficient (Wildman–Crippen LogP) is 2.28. The summed E-state index contributed by atoms with van der Waals surface area (Å²) in [5.41, 5.74) is 5.50. The lowest BCUT2D eigenvalue weighted by atomic mass is 10.1. The van der Waals surface area contributed by atoms with E-state index in [0.29, 0.717) is 16.8 Å². The van der Waals surface area contributed by atoms with E-state index in [9.17, 15) is 13.2 Å². The Balaban J connectivity index is 2.15. The van der Waals surface area contributed by atoms with Crippen molar-refractivity contribution in [3.8, 4) is 11.4 Å². The summed E-state index contributed by atoms with van der Waals surface area (Å²) in [5, 5.41) is 10.7. The van der Waals surface area contributed by atoms with Crippen LogP contribution in [0.15, 0.2) is 18.2 Å². The monoisotopic (exact) mass is 283 g/mol. The van der Waals surface area contributed by atoms with Crippen molar-refractivity contribution in [3.05, 3.63) is 23.8 Å². The van der Waals surface area contributed by atoms with Gasteiger partial charge in [-0.2, -0.15) is 13.2 Å². The first-order valence-electron chi connectivity index (χ1n) is 6.08. The van der Waals surface area contributed by atoms with Gasteiger partial charge < -0.3 is 5.73 Å². The van der Waals surface area contributed by atoms with Crippen LogP contribution in [0.1, 0.15) is 18.4 Å². The summed E-state index contributed by atoms with van der Waals surface area (Å²) in [4.78, 5) is 0. The van der Waals surface area contributed by atoms with Gasteiger partial charge in [-0.15, -0.1) is 5.10 Å². The highest BCUT2D eigenvalue weighted by atomic mass is 19.4. The second-order valence-corrected chi connectivity index (χ2v) is 4.96. The number of hydrogen-bond acceptors (Lipinski definition) is 4. The Bertz CT molecular complexity index is 657. The number of nitrogens with two attached hydrogens (primary N) is 1. The molecule has 0 spiro atoms. The Labute approximate surface area is 112 Å². The number of nitrogens with zero attached hydrogens (tertiary/aromatic N) is 4. The van der Waals surface area contributed by atoms with E-state index in [2.05, 4.69) is 15.5 Å². The van der Waals surface area contributed by atoms with Crippen LogP contribution in [0.4, 0.5) is 18.9 Å². The van der Waals surface area contributed by atoms with Crippen LogP contribution in [-0.4, -0.2) is 26.4 Å². The lowest BCUT2D eigenvalue weighted by molar-refractivity contribution is -0.182. The maximum atomic E-state index is 13.2. The van der Waals surface area contributed by atoms with Gasteiger partial charge in [0.15, 0.2) is 11.4 Å². The fourth-order valence-electron chi connectivity index (χ4n) is 2.27. The maximum Gasteiger partial charge on any atom is 0.413 e. The third-order valence-electron chi connectivity index (χ3n) is 3.74. The molecule has 1 saturated carbocycles. The van der Waals surface area contributed by atoms with E-state index in [0.717, 1.165) is 4.68 Å². The van der Waals surface area contributed by atoms with Gasteiger partial charge in [0, 0.05) is 11.3 Å². The van der Waals surface area contributed by atoms with Crippen molar-refractivity contribution in [2.45, 2.75) is 31.5 Å². The van der Waals surface area contributed by atoms with E-state index in [1.165, 1.54) is 0 Å². The summed E-state index contributed by atoms with van der Waals surface area (Å²) in [7, 11) is 0. The first-order valence-corrected chi connectivity index (χ1v) is 6.08. The third kappa shape index (κ3) is 1.67. The molecule has 1 aliphatic rings. The highest BCUT2D eigenvalue weighted by Gasteiger charge is 2.66. The zero-order chi connectivity index (χ0) is 14.5. The molecule has 0 bridgehead atoms. The molecule has 20 heavy (non-hydrogen) atoms. The summed E-state index contributed by atoms with van der Waals surface area (Å²) in [6.45, 7) is 1.73. The molecule has 1 aromatic carbocycles. The fraction of sp³-hybridized carbons (Fsp3) is 0.417. The number of rotatable bonds is 2. The summed E-state index contributed by atoms with van der Waals surface area (Å²) >= 11 is 0. The van der Waals surface area contributed by atoms with E-state index < -0.39 is 11.7 Å². The Morgan fingerprint density at radius 2 is 2.00 bits per heavy atom. The summed E-state index contributed by atoms with van der Waals surface area (Å²) in [5.74, 6) is 0.102. The highest BCUT2D eigenvalue weighted by molar-refractivity contribution is 5.67. The van der Waals surface area contributed by atoms with Gasteiger partial charge in [0.1, 0.15) is 0 Å². The van der Waals surface area contributed by atoms with Crippen molar-refractivity contribution >= 4 is 5.69 Å². The summed E-state index contributed by atoms with van der Waals surface area (Å²) in [6, 6.07) is 5.02. The number of anilines is 1. The van der Waals surface area contributed by atoms with Crippen LogP contribution in [0, 0.1) is 6.92 Å². The molecule has 1 heterocycles. The quantitative estimate of drug-likeness (QED) is 0.858. The van der Waals surface area contributed by atoms with Crippen LogP contribution >= 0.6 is 0 Å². The highest BCUT2D eigenvalue weighted by Crippen LogP contribution is 2.56. The van der Waals surface area contributed by atoms with E-state index in [1.54, 1.807) is 25.1 Å². The number of aromatic nitrogens is 4. The van der Waals surface area contributed by atoms with Crippen molar-refractivity contribution in [2.24, 2.45) is 0 Å². The molecular weight excluding hydrogens is 271 g/mol. The zero-order valence-electron chi connectivity index (χ0n) is 10.6. The molecule has 0 saturated heterocycles. The van der Waals surface area contributed by atoms with Gasteiger partial charge in [0.05, 0.1) is 0 Å². The molecule has 0 amide bonds. The third-order valence-corrected chi connectivity index (χ3v) is 3.74. The topological polar surface area (TPSA) is 69.6 Å². The van der Waals surface area contributed by atoms with Crippen molar-refractivity contribution in [2.75, 3.05) is 5.73 Å². The van der Waals surface area contributed by atoms with Gasteiger partial charge in [-0.1, -0.05) is 12.1 Å². The van der Waals surface area contributed by atoms with Gasteiger partial charge in [-0.05, 0) is 41.8 Å². The van der Waals surface area contributed by atoms with Crippen LogP contribution in [0.3, 0.4) is 0 Å². The molecule has 8 heteroatoms. The van der Waals surface area contributed by atoms with Crippen LogP contribution < -0.4 is 5.73 Å². The van der Waals surface area contributed by atoms with Crippen LogP contribution in [0.25, 0.3) is 11.4 Å². The predicted molar refractivity (Wildman–Crippen MR) is 65.7 cm³/mol. The van der Waals surface area contributed by atoms with Gasteiger partial charge in [-0.25, -0.2) is 4.68 Å². The lowest BCUT2D eigenvalue weighted by Crippen LogP contribution is -2.36. The molecule has 0 radical (unpaired) electrons. The van der Waals surface area contributed by atoms with Crippen molar-refractivity contribution < 1.29 is 13.2 Å². The average Bonchev–Trinajstić information content (AvgIpc) is 3.06. The number of alkyl halides is 3. The minimum Gasteiger partial charge on any atom is -0.398 e. The van der Waals surface area contributed by atoms with Gasteiger partial charge in [0.25, 0.3) is 0 Å². The molecular formula is C12H12F3N5. The van der Waals surface area contributed by atoms with E-state index in [1.807, 2.05) is 0 Å². The number of tetrazole rings is 1. The number of benzene rings is 1. The normalized spacial score (nSPS) is 17.2. The molecule has 1 aromatic heterocycles. The number of hydrogen-bond donors (Lipinski definition) is 1. The molecule has 0 unspecified atom stereocenters. The Morgan fingerprint density at radius 3 is 2.60 bits per heavy atom. The average molecular weight is 283 g/mol. The van der Waals surface area contributed by atoms with Crippen molar-refractivity contribution in [1.29, 1.82) is 0 Å². The number of halogens is 3. The smallest absolute Gasteiger partial charge is 0.398 e. The zero-order valence-corrected chi connectivity index (χ0v) is 10.6. The van der Waals surface area contributed by atoms with E-state index in [4.69, 9.17) is 5.73 Å². The van der Waals surface area contributed by atoms with E-state index in [-0.39, 0.29) is 18.7 Å². The maximum absolute atomic E-state index is 13.2. The van der Waals surface area contributed by atoms with Gasteiger partial charge >= 0.3 is 6.18 Å². The number of nitrogen functional groups attached to an aromatic ring is 1. The second-order valence-electron chi connectivity index (χ2n) is 4.96. The van der Waals surface area contributed by atoms with Crippen LogP contribution in [0.2, 0.25) is 0 Å². The SMILES string of the molecule is Cc1c(N)cccc1-c1nnnn1C1(C(F)(F)F)CC1. The molecule has 1 aliphatic carbocycles. The largest absolute Gasteiger partial charge is 0.413 e. The Hall–Kier alpha value is -2.12. The summed E-state index contributed by atoms with van der Waals surface area (Å²) in [6.07, 6.45) is -4.38. The molecule has 5 nitrogen and oxygen atoms in total. The fourth-order valence-corrected chi connectivity index (χ4v) is 2.27. The Kier molecular flexibility index (Phi) is 2.54. The molecule has 106 valence electrons. The summed E-state index contributed by atoms with van der Waals surface area (Å²) < 4.78 is 40.5. The molecule has 2 N–H and O–H groups in total. The van der Waals surface area contributed by atoms with Crippen LogP contribution in [-0.2, 0) is 5.54 Å². The standard InChI is InChI=1S/C12H12F3N5/c1-7-8(3-2-4-9(7)16)10-17-18-19-20(10)11(5-6-11)12(13,14)15/h2-4H,5-6,16H2,1H3. The molecule has 0 atom stereocenters. The molecule has 1 fully saturated rings. The van der Waals surface area contributed by atoms with Crippen molar-refractivity contribution in [1.82, 2.24) is 20.2 Å². The van der Waals surface area contributed by atoms with Gasteiger partial charge in [0.2, 0.25) is 0 Å².